The molecule has 7 nitrogen and oxygen atoms in total. The number of benzene rings is 2. The number of nitrogens with zero attached hydrogens (tertiary/aromatic N) is 1. The van der Waals surface area contributed by atoms with E-state index in [9.17, 15) is 18.0 Å². The van der Waals surface area contributed by atoms with Gasteiger partial charge in [-0.05, 0) is 83.3 Å². The third kappa shape index (κ3) is 5.57. The number of hydrogen-bond donors (Lipinski definition) is 0. The first-order valence-corrected chi connectivity index (χ1v) is 16.5. The summed E-state index contributed by atoms with van der Waals surface area (Å²) in [5.41, 5.74) is 4.36. The third-order valence-corrected chi connectivity index (χ3v) is 10.2. The van der Waals surface area contributed by atoms with Gasteiger partial charge in [-0.1, -0.05) is 45.4 Å². The fourth-order valence-electron chi connectivity index (χ4n) is 6.46. The summed E-state index contributed by atoms with van der Waals surface area (Å²) in [5.74, 6) is -0.299. The maximum atomic E-state index is 13.8. The summed E-state index contributed by atoms with van der Waals surface area (Å²) in [6.07, 6.45) is 2.19. The second kappa shape index (κ2) is 10.7. The second-order valence-corrected chi connectivity index (χ2v) is 15.6. The molecule has 0 amide bonds. The number of hydrogen-bond acceptors (Lipinski definition) is 7. The molecule has 0 saturated carbocycles. The summed E-state index contributed by atoms with van der Waals surface area (Å²) >= 11 is 3.54. The molecule has 3 aliphatic rings. The molecule has 42 heavy (non-hydrogen) atoms. The Morgan fingerprint density at radius 1 is 0.905 bits per heavy atom. The molecule has 0 spiro atoms. The van der Waals surface area contributed by atoms with Gasteiger partial charge in [-0.3, -0.25) is 9.59 Å². The van der Waals surface area contributed by atoms with Crippen molar-refractivity contribution in [2.45, 2.75) is 78.0 Å². The molecule has 0 radical (unpaired) electrons. The van der Waals surface area contributed by atoms with Crippen LogP contribution in [-0.2, 0) is 19.7 Å². The zero-order valence-corrected chi connectivity index (χ0v) is 27.7. The van der Waals surface area contributed by atoms with E-state index < -0.39 is 16.0 Å². The first kappa shape index (κ1) is 30.5. The van der Waals surface area contributed by atoms with E-state index in [2.05, 4.69) is 48.5 Å². The molecule has 0 unspecified atom stereocenters. The van der Waals surface area contributed by atoms with Gasteiger partial charge >= 0.3 is 10.1 Å². The van der Waals surface area contributed by atoms with Gasteiger partial charge in [-0.15, -0.1) is 0 Å². The van der Waals surface area contributed by atoms with Crippen molar-refractivity contribution < 1.29 is 26.9 Å². The highest BCUT2D eigenvalue weighted by molar-refractivity contribution is 9.10. The first-order chi connectivity index (χ1) is 19.5. The molecule has 1 aliphatic heterocycles. The van der Waals surface area contributed by atoms with Gasteiger partial charge in [0.15, 0.2) is 23.1 Å². The van der Waals surface area contributed by atoms with E-state index in [1.54, 1.807) is 31.2 Å². The molecule has 0 bridgehead atoms. The normalized spacial score (nSPS) is 20.4. The molecule has 2 aromatic carbocycles. The molecule has 5 rings (SSSR count). The van der Waals surface area contributed by atoms with Gasteiger partial charge in [-0.25, -0.2) is 0 Å². The standard InChI is InChI=1S/C33H38BrNO6S/c1-8-40-27-14-20(13-22(34)31(27)41-42(38,39)21-11-9-19(2)10-12-21)28-29-23(15-32(3,4)17-25(29)36)35(7)24-16-33(5,6)18-26(37)30(24)28/h9-14,28H,8,15-18H2,1-7H3. The molecule has 0 saturated heterocycles. The zero-order valence-electron chi connectivity index (χ0n) is 25.3. The third-order valence-electron chi connectivity index (χ3n) is 8.35. The Kier molecular flexibility index (Phi) is 7.76. The van der Waals surface area contributed by atoms with E-state index in [4.69, 9.17) is 8.92 Å². The molecular formula is C33H38BrNO6S. The van der Waals surface area contributed by atoms with Crippen molar-refractivity contribution in [3.8, 4) is 11.5 Å². The molecule has 0 N–H and O–H groups in total. The van der Waals surface area contributed by atoms with E-state index in [0.29, 0.717) is 46.9 Å². The summed E-state index contributed by atoms with van der Waals surface area (Å²) in [6.45, 7) is 12.3. The summed E-state index contributed by atoms with van der Waals surface area (Å²) < 4.78 is 38.4. The van der Waals surface area contributed by atoms with Crippen LogP contribution < -0.4 is 8.92 Å². The average Bonchev–Trinajstić information content (AvgIpc) is 2.86. The lowest BCUT2D eigenvalue weighted by Gasteiger charge is -2.48. The smallest absolute Gasteiger partial charge is 0.339 e. The Bertz CT molecular complexity index is 1600. The predicted octanol–water partition coefficient (Wildman–Crippen LogP) is 7.24. The van der Waals surface area contributed by atoms with Crippen LogP contribution in [0.1, 0.15) is 77.3 Å². The molecule has 0 fully saturated rings. The quantitative estimate of drug-likeness (QED) is 0.303. The lowest BCUT2D eigenvalue weighted by Crippen LogP contribution is -2.43. The van der Waals surface area contributed by atoms with Gasteiger partial charge in [0.05, 0.1) is 11.1 Å². The lowest BCUT2D eigenvalue weighted by molar-refractivity contribution is -0.119. The van der Waals surface area contributed by atoms with Gasteiger partial charge in [0.2, 0.25) is 0 Å². The predicted molar refractivity (Wildman–Crippen MR) is 165 cm³/mol. The number of rotatable bonds is 6. The highest BCUT2D eigenvalue weighted by Crippen LogP contribution is 2.55. The Morgan fingerprint density at radius 3 is 1.93 bits per heavy atom. The molecular weight excluding hydrogens is 618 g/mol. The van der Waals surface area contributed by atoms with Crippen LogP contribution in [-0.4, -0.2) is 38.5 Å². The van der Waals surface area contributed by atoms with Crippen LogP contribution in [0.15, 0.2) is 68.3 Å². The van der Waals surface area contributed by atoms with Crippen molar-refractivity contribution in [2.75, 3.05) is 13.7 Å². The summed E-state index contributed by atoms with van der Waals surface area (Å²) in [7, 11) is -2.19. The van der Waals surface area contributed by atoms with Crippen LogP contribution in [0.5, 0.6) is 11.5 Å². The van der Waals surface area contributed by atoms with Gasteiger partial charge in [0.1, 0.15) is 4.90 Å². The van der Waals surface area contributed by atoms with Crippen molar-refractivity contribution in [3.63, 3.8) is 0 Å². The lowest BCUT2D eigenvalue weighted by atomic mass is 9.64. The maximum absolute atomic E-state index is 13.8. The Morgan fingerprint density at radius 2 is 1.43 bits per heavy atom. The number of aryl methyl sites for hydroxylation is 1. The fourth-order valence-corrected chi connectivity index (χ4v) is 8.06. The van der Waals surface area contributed by atoms with E-state index in [1.165, 1.54) is 12.1 Å². The topological polar surface area (TPSA) is 90.0 Å². The minimum absolute atomic E-state index is 0.0183. The van der Waals surface area contributed by atoms with E-state index in [0.717, 1.165) is 17.0 Å². The minimum atomic E-state index is -4.16. The largest absolute Gasteiger partial charge is 0.490 e. The molecule has 224 valence electrons. The fraction of sp³-hybridized carbons (Fsp3) is 0.455. The monoisotopic (exact) mass is 655 g/mol. The second-order valence-electron chi connectivity index (χ2n) is 13.2. The van der Waals surface area contributed by atoms with Crippen LogP contribution in [0, 0.1) is 17.8 Å². The molecule has 0 atom stereocenters. The van der Waals surface area contributed by atoms with Crippen LogP contribution in [0.25, 0.3) is 0 Å². The zero-order chi connectivity index (χ0) is 30.8. The van der Waals surface area contributed by atoms with Gasteiger partial charge in [0, 0.05) is 48.3 Å². The van der Waals surface area contributed by atoms with Crippen LogP contribution in [0.2, 0.25) is 0 Å². The Balaban J connectivity index is 1.68. The average molecular weight is 657 g/mol. The van der Waals surface area contributed by atoms with Crippen molar-refractivity contribution in [1.29, 1.82) is 0 Å². The van der Waals surface area contributed by atoms with Gasteiger partial charge in [0.25, 0.3) is 0 Å². The van der Waals surface area contributed by atoms with Crippen LogP contribution in [0.4, 0.5) is 0 Å². The summed E-state index contributed by atoms with van der Waals surface area (Å²) in [6, 6.07) is 9.90. The SMILES string of the molecule is CCOc1cc(C2C3=C(CC(C)(C)CC3=O)N(C)C3=C2C(=O)CC(C)(C)C3)cc(Br)c1OS(=O)(=O)c1ccc(C)cc1. The maximum Gasteiger partial charge on any atom is 0.339 e. The number of ketones is 2. The van der Waals surface area contributed by atoms with Crippen molar-refractivity contribution in [3.05, 3.63) is 74.5 Å². The summed E-state index contributed by atoms with van der Waals surface area (Å²) in [4.78, 5) is 29.8. The summed E-state index contributed by atoms with van der Waals surface area (Å²) in [5, 5.41) is 0. The number of ether oxygens (including phenoxy) is 1. The van der Waals surface area contributed by atoms with Crippen LogP contribution in [0.3, 0.4) is 0 Å². The first-order valence-electron chi connectivity index (χ1n) is 14.3. The van der Waals surface area contributed by atoms with Gasteiger partial charge in [-0.2, -0.15) is 8.42 Å². The Labute approximate surface area is 257 Å². The number of carbonyl (C=O) groups is 2. The number of halogens is 1. The Hall–Kier alpha value is -2.91. The van der Waals surface area contributed by atoms with Crippen molar-refractivity contribution in [1.82, 2.24) is 4.90 Å². The van der Waals surface area contributed by atoms with Crippen LogP contribution >= 0.6 is 15.9 Å². The number of allylic oxidation sites excluding steroid dienone is 4. The van der Waals surface area contributed by atoms with E-state index in [-0.39, 0.29) is 45.4 Å². The van der Waals surface area contributed by atoms with E-state index >= 15 is 0 Å². The molecule has 9 heteroatoms. The molecule has 2 aliphatic carbocycles. The van der Waals surface area contributed by atoms with Crippen molar-refractivity contribution in [2.24, 2.45) is 10.8 Å². The number of Topliss-reactive ketones (excluding diaryl/α,β-unsaturated/α-hetero) is 2. The molecule has 1 heterocycles. The van der Waals surface area contributed by atoms with Gasteiger partial charge < -0.3 is 13.8 Å². The van der Waals surface area contributed by atoms with Crippen molar-refractivity contribution >= 4 is 37.6 Å². The van der Waals surface area contributed by atoms with E-state index in [1.807, 2.05) is 14.0 Å². The highest BCUT2D eigenvalue weighted by Gasteiger charge is 2.48. The number of carbonyl (C=O) groups excluding carboxylic acids is 2. The molecule has 2 aromatic rings. The molecule has 0 aromatic heterocycles. The highest BCUT2D eigenvalue weighted by atomic mass is 79.9. The minimum Gasteiger partial charge on any atom is -0.490 e.